The Bertz CT molecular complexity index is 771. The Kier molecular flexibility index (Phi) is 2.84. The summed E-state index contributed by atoms with van der Waals surface area (Å²) in [5, 5.41) is 0.600. The molecule has 0 bridgehead atoms. The molecule has 0 aliphatic carbocycles. The van der Waals surface area contributed by atoms with Gasteiger partial charge in [-0.2, -0.15) is 0 Å². The maximum Gasteiger partial charge on any atom is 0.254 e. The minimum atomic E-state index is -0.436. The van der Waals surface area contributed by atoms with Crippen molar-refractivity contribution in [2.24, 2.45) is 0 Å². The lowest BCUT2D eigenvalue weighted by atomic mass is 10.2. The molecule has 0 spiro atoms. The van der Waals surface area contributed by atoms with Crippen molar-refractivity contribution in [1.82, 2.24) is 9.55 Å². The SMILES string of the molecule is Cc1cn(-c2cccc3ncccc23)cc1C(=O)Cl. The summed E-state index contributed by atoms with van der Waals surface area (Å²) in [4.78, 5) is 15.6. The number of hydrogen-bond donors (Lipinski definition) is 0. The van der Waals surface area contributed by atoms with Crippen molar-refractivity contribution in [3.63, 3.8) is 0 Å². The van der Waals surface area contributed by atoms with Crippen LogP contribution in [0.2, 0.25) is 0 Å². The van der Waals surface area contributed by atoms with E-state index in [1.165, 1.54) is 0 Å². The van der Waals surface area contributed by atoms with Crippen LogP contribution in [0.15, 0.2) is 48.9 Å². The fraction of sp³-hybridized carbons (Fsp3) is 0.0667. The summed E-state index contributed by atoms with van der Waals surface area (Å²) < 4.78 is 1.91. The molecule has 94 valence electrons. The summed E-state index contributed by atoms with van der Waals surface area (Å²) in [6.45, 7) is 1.87. The number of rotatable bonds is 2. The average Bonchev–Trinajstić information content (AvgIpc) is 2.80. The summed E-state index contributed by atoms with van der Waals surface area (Å²) in [5.74, 6) is 0. The molecule has 4 heteroatoms. The van der Waals surface area contributed by atoms with E-state index in [0.29, 0.717) is 5.56 Å². The second kappa shape index (κ2) is 4.52. The van der Waals surface area contributed by atoms with Crippen molar-refractivity contribution in [3.05, 3.63) is 60.0 Å². The largest absolute Gasteiger partial charge is 0.322 e. The van der Waals surface area contributed by atoms with E-state index >= 15 is 0 Å². The second-order valence-electron chi connectivity index (χ2n) is 4.38. The highest BCUT2D eigenvalue weighted by Gasteiger charge is 2.11. The molecule has 0 amide bonds. The van der Waals surface area contributed by atoms with Gasteiger partial charge < -0.3 is 4.57 Å². The molecule has 19 heavy (non-hydrogen) atoms. The first-order valence-corrected chi connectivity index (χ1v) is 6.27. The number of aryl methyl sites for hydroxylation is 1. The Hall–Kier alpha value is -2.13. The van der Waals surface area contributed by atoms with Crippen molar-refractivity contribution in [2.75, 3.05) is 0 Å². The van der Waals surface area contributed by atoms with Gasteiger partial charge in [0.1, 0.15) is 0 Å². The van der Waals surface area contributed by atoms with Gasteiger partial charge in [-0.3, -0.25) is 9.78 Å². The third-order valence-corrected chi connectivity index (χ3v) is 3.34. The highest BCUT2D eigenvalue weighted by atomic mass is 35.5. The van der Waals surface area contributed by atoms with Crippen LogP contribution in [0.1, 0.15) is 15.9 Å². The fourth-order valence-corrected chi connectivity index (χ4v) is 2.41. The van der Waals surface area contributed by atoms with Crippen LogP contribution in [0.25, 0.3) is 16.6 Å². The lowest BCUT2D eigenvalue weighted by Gasteiger charge is -2.06. The molecule has 3 rings (SSSR count). The molecule has 0 saturated carbocycles. The van der Waals surface area contributed by atoms with E-state index in [4.69, 9.17) is 11.6 Å². The third kappa shape index (κ3) is 2.02. The number of hydrogen-bond acceptors (Lipinski definition) is 2. The topological polar surface area (TPSA) is 34.9 Å². The first-order chi connectivity index (χ1) is 9.16. The van der Waals surface area contributed by atoms with E-state index in [-0.39, 0.29) is 0 Å². The van der Waals surface area contributed by atoms with Gasteiger partial charge in [-0.15, -0.1) is 0 Å². The Balaban J connectivity index is 2.25. The lowest BCUT2D eigenvalue weighted by Crippen LogP contribution is -1.93. The number of benzene rings is 1. The van der Waals surface area contributed by atoms with Gasteiger partial charge in [0.2, 0.25) is 0 Å². The molecule has 3 nitrogen and oxygen atoms in total. The molecule has 1 aromatic carbocycles. The summed E-state index contributed by atoms with van der Waals surface area (Å²) in [5.41, 5.74) is 3.30. The van der Waals surface area contributed by atoms with Gasteiger partial charge in [0.25, 0.3) is 5.24 Å². The molecule has 0 N–H and O–H groups in total. The second-order valence-corrected chi connectivity index (χ2v) is 4.73. The molecule has 0 radical (unpaired) electrons. The number of nitrogens with zero attached hydrogens (tertiary/aromatic N) is 2. The van der Waals surface area contributed by atoms with Crippen LogP contribution >= 0.6 is 11.6 Å². The van der Waals surface area contributed by atoms with E-state index in [1.54, 1.807) is 12.4 Å². The molecule has 0 aliphatic rings. The number of halogens is 1. The van der Waals surface area contributed by atoms with Crippen LogP contribution in [0.3, 0.4) is 0 Å². The van der Waals surface area contributed by atoms with E-state index in [2.05, 4.69) is 4.98 Å². The Morgan fingerprint density at radius 2 is 2.05 bits per heavy atom. The van der Waals surface area contributed by atoms with Crippen LogP contribution < -0.4 is 0 Å². The summed E-state index contributed by atoms with van der Waals surface area (Å²) in [7, 11) is 0. The standard InChI is InChI=1S/C15H11ClN2O/c1-10-8-18(9-12(10)15(16)19)14-6-2-5-13-11(14)4-3-7-17-13/h2-9H,1H3. The van der Waals surface area contributed by atoms with E-state index in [1.807, 2.05) is 48.0 Å². The van der Waals surface area contributed by atoms with Crippen LogP contribution in [-0.2, 0) is 0 Å². The van der Waals surface area contributed by atoms with Crippen molar-refractivity contribution in [1.29, 1.82) is 0 Å². The number of carbonyl (C=O) groups excluding carboxylic acids is 1. The van der Waals surface area contributed by atoms with Gasteiger partial charge in [0, 0.05) is 24.0 Å². The van der Waals surface area contributed by atoms with Crippen LogP contribution in [0, 0.1) is 6.92 Å². The van der Waals surface area contributed by atoms with Crippen molar-refractivity contribution < 1.29 is 4.79 Å². The van der Waals surface area contributed by atoms with E-state index in [0.717, 1.165) is 22.2 Å². The Morgan fingerprint density at radius 3 is 2.79 bits per heavy atom. The molecule has 0 fully saturated rings. The predicted molar refractivity (Wildman–Crippen MR) is 76.0 cm³/mol. The molecular formula is C15H11ClN2O. The highest BCUT2D eigenvalue weighted by molar-refractivity contribution is 6.67. The quantitative estimate of drug-likeness (QED) is 0.665. The molecule has 0 unspecified atom stereocenters. The van der Waals surface area contributed by atoms with Gasteiger partial charge in [-0.1, -0.05) is 6.07 Å². The Morgan fingerprint density at radius 1 is 1.21 bits per heavy atom. The number of fused-ring (bicyclic) bond motifs is 1. The molecular weight excluding hydrogens is 260 g/mol. The summed E-state index contributed by atoms with van der Waals surface area (Å²) >= 11 is 5.56. The van der Waals surface area contributed by atoms with E-state index in [9.17, 15) is 4.79 Å². The van der Waals surface area contributed by atoms with Gasteiger partial charge in [0.15, 0.2) is 0 Å². The maximum absolute atomic E-state index is 11.3. The minimum Gasteiger partial charge on any atom is -0.322 e. The zero-order valence-electron chi connectivity index (χ0n) is 10.3. The van der Waals surface area contributed by atoms with Crippen molar-refractivity contribution >= 4 is 27.7 Å². The predicted octanol–water partition coefficient (Wildman–Crippen LogP) is 3.71. The first kappa shape index (κ1) is 11.9. The average molecular weight is 271 g/mol. The first-order valence-electron chi connectivity index (χ1n) is 5.89. The van der Waals surface area contributed by atoms with Crippen LogP contribution in [0.5, 0.6) is 0 Å². The monoisotopic (exact) mass is 270 g/mol. The van der Waals surface area contributed by atoms with Crippen molar-refractivity contribution in [3.8, 4) is 5.69 Å². The maximum atomic E-state index is 11.3. The molecule has 2 heterocycles. The molecule has 0 aliphatic heterocycles. The zero-order chi connectivity index (χ0) is 13.4. The molecule has 3 aromatic rings. The highest BCUT2D eigenvalue weighted by Crippen LogP contribution is 2.23. The molecule has 2 aromatic heterocycles. The summed E-state index contributed by atoms with van der Waals surface area (Å²) in [6, 6.07) is 9.81. The zero-order valence-corrected chi connectivity index (χ0v) is 11.1. The van der Waals surface area contributed by atoms with Gasteiger partial charge >= 0.3 is 0 Å². The lowest BCUT2D eigenvalue weighted by molar-refractivity contribution is 0.108. The Labute approximate surface area is 115 Å². The number of aromatic nitrogens is 2. The number of carbonyl (C=O) groups is 1. The fourth-order valence-electron chi connectivity index (χ4n) is 2.21. The normalized spacial score (nSPS) is 10.8. The van der Waals surface area contributed by atoms with Crippen LogP contribution in [-0.4, -0.2) is 14.8 Å². The van der Waals surface area contributed by atoms with Gasteiger partial charge in [-0.25, -0.2) is 0 Å². The smallest absolute Gasteiger partial charge is 0.254 e. The minimum absolute atomic E-state index is 0.436. The molecule has 0 atom stereocenters. The number of pyridine rings is 1. The molecule has 0 saturated heterocycles. The van der Waals surface area contributed by atoms with E-state index < -0.39 is 5.24 Å². The van der Waals surface area contributed by atoms with Crippen molar-refractivity contribution in [2.45, 2.75) is 6.92 Å². The third-order valence-electron chi connectivity index (χ3n) is 3.14. The van der Waals surface area contributed by atoms with Gasteiger partial charge in [0.05, 0.1) is 16.8 Å². The van der Waals surface area contributed by atoms with Gasteiger partial charge in [-0.05, 0) is 48.4 Å². The summed E-state index contributed by atoms with van der Waals surface area (Å²) in [6.07, 6.45) is 5.42. The van der Waals surface area contributed by atoms with Crippen LogP contribution in [0.4, 0.5) is 0 Å².